The molecular weight excluding hydrogens is 296 g/mol. The molecule has 0 radical (unpaired) electrons. The van der Waals surface area contributed by atoms with Crippen molar-refractivity contribution in [2.75, 3.05) is 12.3 Å². The maximum atomic E-state index is 12.8. The fourth-order valence-electron chi connectivity index (χ4n) is 2.39. The Bertz CT molecular complexity index is 719. The largest absolute Gasteiger partial charge is 0.398 e. The zero-order chi connectivity index (χ0) is 17.0. The highest BCUT2D eigenvalue weighted by atomic mass is 16.6. The number of non-ortho nitro benzene ring substituents is 1. The van der Waals surface area contributed by atoms with Crippen LogP contribution in [0.4, 0.5) is 11.4 Å². The Morgan fingerprint density at radius 2 is 2.17 bits per heavy atom. The molecule has 7 heteroatoms. The number of nitrogens with two attached hydrogens (primary N) is 1. The first kappa shape index (κ1) is 16.4. The number of rotatable bonds is 5. The smallest absolute Gasteiger partial charge is 0.270 e. The average Bonchev–Trinajstić information content (AvgIpc) is 2.56. The van der Waals surface area contributed by atoms with Crippen LogP contribution in [0.5, 0.6) is 0 Å². The van der Waals surface area contributed by atoms with E-state index in [1.54, 1.807) is 23.4 Å². The molecule has 7 nitrogen and oxygen atoms in total. The molecular formula is C16H18N4O3. The van der Waals surface area contributed by atoms with E-state index in [4.69, 9.17) is 5.73 Å². The third-order valence-corrected chi connectivity index (χ3v) is 3.71. The van der Waals surface area contributed by atoms with Gasteiger partial charge in [-0.15, -0.1) is 0 Å². The normalized spacial score (nSPS) is 11.7. The van der Waals surface area contributed by atoms with Gasteiger partial charge in [-0.05, 0) is 31.5 Å². The van der Waals surface area contributed by atoms with Crippen LogP contribution in [0.3, 0.4) is 0 Å². The zero-order valence-electron chi connectivity index (χ0n) is 13.0. The van der Waals surface area contributed by atoms with Gasteiger partial charge in [-0.3, -0.25) is 19.9 Å². The molecule has 0 fully saturated rings. The number of nitrogens with zero attached hydrogens (tertiary/aromatic N) is 3. The predicted octanol–water partition coefficient (Wildman–Crippen LogP) is 2.80. The standard InChI is InChI=1S/C16H18N4O3/c1-3-19(11(2)12-5-4-8-18-10-12)16(21)14-9-13(20(22)23)6-7-15(14)17/h4-11H,3,17H2,1-2H3/t11-/m1/s1. The lowest BCUT2D eigenvalue weighted by atomic mass is 10.1. The molecule has 2 aromatic rings. The summed E-state index contributed by atoms with van der Waals surface area (Å²) in [5, 5.41) is 10.9. The van der Waals surface area contributed by atoms with Crippen molar-refractivity contribution >= 4 is 17.3 Å². The third-order valence-electron chi connectivity index (χ3n) is 3.71. The highest BCUT2D eigenvalue weighted by Gasteiger charge is 2.24. The van der Waals surface area contributed by atoms with Gasteiger partial charge in [0.05, 0.1) is 16.5 Å². The van der Waals surface area contributed by atoms with E-state index in [1.807, 2.05) is 19.9 Å². The fraction of sp³-hybridized carbons (Fsp3) is 0.250. The van der Waals surface area contributed by atoms with Crippen molar-refractivity contribution in [1.82, 2.24) is 9.88 Å². The summed E-state index contributed by atoms with van der Waals surface area (Å²) in [5.41, 5.74) is 6.92. The van der Waals surface area contributed by atoms with E-state index in [0.29, 0.717) is 6.54 Å². The molecule has 1 aromatic heterocycles. The van der Waals surface area contributed by atoms with Gasteiger partial charge in [-0.1, -0.05) is 6.07 Å². The molecule has 0 aliphatic rings. The Morgan fingerprint density at radius 3 is 2.74 bits per heavy atom. The first-order valence-electron chi connectivity index (χ1n) is 7.20. The van der Waals surface area contributed by atoms with Gasteiger partial charge in [0, 0.05) is 36.8 Å². The molecule has 23 heavy (non-hydrogen) atoms. The summed E-state index contributed by atoms with van der Waals surface area (Å²) in [6, 6.07) is 7.34. The van der Waals surface area contributed by atoms with Crippen LogP contribution in [0.2, 0.25) is 0 Å². The van der Waals surface area contributed by atoms with Crippen molar-refractivity contribution in [1.29, 1.82) is 0 Å². The van der Waals surface area contributed by atoms with Gasteiger partial charge in [0.2, 0.25) is 0 Å². The summed E-state index contributed by atoms with van der Waals surface area (Å²) in [7, 11) is 0. The van der Waals surface area contributed by atoms with Gasteiger partial charge >= 0.3 is 0 Å². The predicted molar refractivity (Wildman–Crippen MR) is 86.9 cm³/mol. The van der Waals surface area contributed by atoms with E-state index in [-0.39, 0.29) is 28.9 Å². The van der Waals surface area contributed by atoms with Crippen molar-refractivity contribution < 1.29 is 9.72 Å². The molecule has 0 bridgehead atoms. The van der Waals surface area contributed by atoms with Gasteiger partial charge in [0.15, 0.2) is 0 Å². The maximum absolute atomic E-state index is 12.8. The quantitative estimate of drug-likeness (QED) is 0.519. The number of nitrogen functional groups attached to an aromatic ring is 1. The molecule has 1 heterocycles. The van der Waals surface area contributed by atoms with E-state index in [1.165, 1.54) is 18.2 Å². The Balaban J connectivity index is 2.37. The van der Waals surface area contributed by atoms with Crippen molar-refractivity contribution in [3.8, 4) is 0 Å². The molecule has 2 N–H and O–H groups in total. The van der Waals surface area contributed by atoms with Crippen molar-refractivity contribution in [2.24, 2.45) is 0 Å². The van der Waals surface area contributed by atoms with Crippen LogP contribution in [0.1, 0.15) is 35.8 Å². The van der Waals surface area contributed by atoms with Crippen LogP contribution in [0.25, 0.3) is 0 Å². The number of carbonyl (C=O) groups is 1. The summed E-state index contributed by atoms with van der Waals surface area (Å²) >= 11 is 0. The minimum Gasteiger partial charge on any atom is -0.398 e. The number of nitro groups is 1. The third kappa shape index (κ3) is 3.45. The van der Waals surface area contributed by atoms with E-state index in [0.717, 1.165) is 5.56 Å². The van der Waals surface area contributed by atoms with Crippen molar-refractivity contribution in [3.05, 3.63) is 64.0 Å². The lowest BCUT2D eigenvalue weighted by molar-refractivity contribution is -0.384. The monoisotopic (exact) mass is 314 g/mol. The number of aromatic nitrogens is 1. The lowest BCUT2D eigenvalue weighted by Gasteiger charge is -2.28. The van der Waals surface area contributed by atoms with Crippen LogP contribution in [0, 0.1) is 10.1 Å². The average molecular weight is 314 g/mol. The molecule has 0 saturated carbocycles. The van der Waals surface area contributed by atoms with Crippen LogP contribution in [0.15, 0.2) is 42.7 Å². The highest BCUT2D eigenvalue weighted by Crippen LogP contribution is 2.26. The van der Waals surface area contributed by atoms with E-state index in [2.05, 4.69) is 4.98 Å². The number of anilines is 1. The van der Waals surface area contributed by atoms with E-state index >= 15 is 0 Å². The van der Waals surface area contributed by atoms with Crippen LogP contribution in [-0.2, 0) is 0 Å². The molecule has 0 unspecified atom stereocenters. The first-order valence-corrected chi connectivity index (χ1v) is 7.20. The van der Waals surface area contributed by atoms with Gasteiger partial charge in [-0.2, -0.15) is 0 Å². The zero-order valence-corrected chi connectivity index (χ0v) is 13.0. The summed E-state index contributed by atoms with van der Waals surface area (Å²) < 4.78 is 0. The van der Waals surface area contributed by atoms with Crippen LogP contribution >= 0.6 is 0 Å². The van der Waals surface area contributed by atoms with Crippen LogP contribution < -0.4 is 5.73 Å². The number of pyridine rings is 1. The van der Waals surface area contributed by atoms with Gasteiger partial charge in [0.25, 0.3) is 11.6 Å². The topological polar surface area (TPSA) is 102 Å². The Kier molecular flexibility index (Phi) is 4.90. The number of hydrogen-bond acceptors (Lipinski definition) is 5. The SMILES string of the molecule is CCN(C(=O)c1cc([N+](=O)[O-])ccc1N)[C@H](C)c1cccnc1. The molecule has 1 aromatic carbocycles. The van der Waals surface area contributed by atoms with Gasteiger partial charge in [-0.25, -0.2) is 0 Å². The number of nitro benzene ring substituents is 1. The molecule has 2 rings (SSSR count). The second-order valence-corrected chi connectivity index (χ2v) is 5.08. The molecule has 1 atom stereocenters. The summed E-state index contributed by atoms with van der Waals surface area (Å²) in [5.74, 6) is -0.343. The minimum atomic E-state index is -0.545. The molecule has 120 valence electrons. The van der Waals surface area contributed by atoms with E-state index in [9.17, 15) is 14.9 Å². The highest BCUT2D eigenvalue weighted by molar-refractivity contribution is 6.00. The summed E-state index contributed by atoms with van der Waals surface area (Å²) in [4.78, 5) is 28.8. The van der Waals surface area contributed by atoms with E-state index < -0.39 is 4.92 Å². The molecule has 1 amide bonds. The number of benzene rings is 1. The van der Waals surface area contributed by atoms with Gasteiger partial charge < -0.3 is 10.6 Å². The number of amides is 1. The first-order chi connectivity index (χ1) is 11.0. The fourth-order valence-corrected chi connectivity index (χ4v) is 2.39. The van der Waals surface area contributed by atoms with Crippen molar-refractivity contribution in [2.45, 2.75) is 19.9 Å². The number of hydrogen-bond donors (Lipinski definition) is 1. The molecule has 0 aliphatic carbocycles. The Hall–Kier alpha value is -2.96. The van der Waals surface area contributed by atoms with Crippen molar-refractivity contribution in [3.63, 3.8) is 0 Å². The van der Waals surface area contributed by atoms with Crippen LogP contribution in [-0.4, -0.2) is 27.3 Å². The Labute approximate surface area is 133 Å². The maximum Gasteiger partial charge on any atom is 0.270 e. The minimum absolute atomic E-state index is 0.136. The number of carbonyl (C=O) groups excluding carboxylic acids is 1. The lowest BCUT2D eigenvalue weighted by Crippen LogP contribution is -2.34. The summed E-state index contributed by atoms with van der Waals surface area (Å²) in [6.45, 7) is 4.17. The second-order valence-electron chi connectivity index (χ2n) is 5.08. The second kappa shape index (κ2) is 6.87. The molecule has 0 saturated heterocycles. The molecule has 0 spiro atoms. The molecule has 0 aliphatic heterocycles. The summed E-state index contributed by atoms with van der Waals surface area (Å²) in [6.07, 6.45) is 3.35. The Morgan fingerprint density at radius 1 is 1.43 bits per heavy atom. The van der Waals surface area contributed by atoms with Gasteiger partial charge in [0.1, 0.15) is 0 Å².